The van der Waals surface area contributed by atoms with Gasteiger partial charge in [-0.25, -0.2) is 4.98 Å². The topological polar surface area (TPSA) is 62.8 Å². The predicted molar refractivity (Wildman–Crippen MR) is 77.5 cm³/mol. The second-order valence-corrected chi connectivity index (χ2v) is 6.05. The van der Waals surface area contributed by atoms with Crippen LogP contribution in [0.15, 0.2) is 11.1 Å². The molecule has 3 nitrogen and oxygen atoms in total. The van der Waals surface area contributed by atoms with Crippen LogP contribution in [0.1, 0.15) is 43.5 Å². The van der Waals surface area contributed by atoms with Crippen molar-refractivity contribution < 1.29 is 0 Å². The van der Waals surface area contributed by atoms with Crippen molar-refractivity contribution in [3.8, 4) is 0 Å². The number of nitrogens with two attached hydrogens (primary N) is 1. The lowest BCUT2D eigenvalue weighted by atomic mass is 10.1. The van der Waals surface area contributed by atoms with Crippen LogP contribution in [-0.2, 0) is 12.8 Å². The minimum absolute atomic E-state index is 0.142. The lowest BCUT2D eigenvalue weighted by Crippen LogP contribution is -2.14. The zero-order valence-electron chi connectivity index (χ0n) is 11.1. The first-order chi connectivity index (χ1) is 8.61. The van der Waals surface area contributed by atoms with Crippen molar-refractivity contribution in [1.29, 1.82) is 5.41 Å². The average molecular weight is 263 g/mol. The van der Waals surface area contributed by atoms with Crippen LogP contribution in [0.3, 0.4) is 0 Å². The summed E-state index contributed by atoms with van der Waals surface area (Å²) >= 11 is 1.74. The third kappa shape index (κ3) is 2.86. The molecule has 0 spiro atoms. The quantitative estimate of drug-likeness (QED) is 0.487. The molecule has 0 aliphatic heterocycles. The Bertz CT molecular complexity index is 457. The van der Waals surface area contributed by atoms with Crippen LogP contribution in [-0.4, -0.2) is 16.6 Å². The molecule has 1 aromatic heterocycles. The first-order valence-electron chi connectivity index (χ1n) is 6.61. The highest BCUT2D eigenvalue weighted by Crippen LogP contribution is 2.29. The normalized spacial score (nSPS) is 15.4. The Kier molecular flexibility index (Phi) is 4.27. The summed E-state index contributed by atoms with van der Waals surface area (Å²) in [6.45, 7) is 4.45. The fourth-order valence-corrected chi connectivity index (χ4v) is 3.27. The second kappa shape index (κ2) is 5.74. The molecule has 1 aromatic rings. The Morgan fingerprint density at radius 2 is 2.33 bits per heavy atom. The maximum Gasteiger partial charge on any atom is 0.125 e. The molecular weight excluding hydrogens is 242 g/mol. The van der Waals surface area contributed by atoms with Gasteiger partial charge in [0, 0.05) is 17.0 Å². The average Bonchev–Trinajstić information content (AvgIpc) is 2.81. The van der Waals surface area contributed by atoms with Crippen LogP contribution in [0.4, 0.5) is 0 Å². The minimum Gasteiger partial charge on any atom is -0.384 e. The largest absolute Gasteiger partial charge is 0.384 e. The molecule has 0 saturated carbocycles. The summed E-state index contributed by atoms with van der Waals surface area (Å²) < 4.78 is 0. The van der Waals surface area contributed by atoms with Crippen LogP contribution < -0.4 is 5.73 Å². The van der Waals surface area contributed by atoms with Gasteiger partial charge in [0.1, 0.15) is 10.9 Å². The van der Waals surface area contributed by atoms with E-state index in [0.717, 1.165) is 29.2 Å². The fourth-order valence-electron chi connectivity index (χ4n) is 2.10. The lowest BCUT2D eigenvalue weighted by molar-refractivity contribution is 0.636. The smallest absolute Gasteiger partial charge is 0.125 e. The first-order valence-corrected chi connectivity index (χ1v) is 7.60. The minimum atomic E-state index is 0.142. The highest BCUT2D eigenvalue weighted by Gasteiger charge is 2.18. The van der Waals surface area contributed by atoms with Gasteiger partial charge in [-0.05, 0) is 36.8 Å². The maximum atomic E-state index is 7.69. The van der Waals surface area contributed by atoms with Crippen molar-refractivity contribution in [3.63, 3.8) is 0 Å². The summed E-state index contributed by atoms with van der Waals surface area (Å²) in [5.74, 6) is 1.86. The molecule has 1 heterocycles. The highest BCUT2D eigenvalue weighted by atomic mass is 32.2. The van der Waals surface area contributed by atoms with E-state index in [1.165, 1.54) is 24.1 Å². The summed E-state index contributed by atoms with van der Waals surface area (Å²) in [4.78, 5) is 4.72. The van der Waals surface area contributed by atoms with Gasteiger partial charge in [-0.15, -0.1) is 11.8 Å². The van der Waals surface area contributed by atoms with Crippen LogP contribution in [0.5, 0.6) is 0 Å². The van der Waals surface area contributed by atoms with Gasteiger partial charge in [-0.3, -0.25) is 5.41 Å². The van der Waals surface area contributed by atoms with E-state index in [0.29, 0.717) is 5.92 Å². The van der Waals surface area contributed by atoms with Crippen molar-refractivity contribution in [2.45, 2.75) is 44.6 Å². The van der Waals surface area contributed by atoms with Crippen molar-refractivity contribution in [1.82, 2.24) is 4.98 Å². The maximum absolute atomic E-state index is 7.69. The standard InChI is InChI=1S/C14H21N3S/c1-3-9(2)8-18-14-11(13(15)16)7-10-5-4-6-12(10)17-14/h7,9H,3-6,8H2,1-2H3,(H3,15,16). The van der Waals surface area contributed by atoms with Crippen molar-refractivity contribution in [2.24, 2.45) is 11.7 Å². The molecule has 98 valence electrons. The van der Waals surface area contributed by atoms with E-state index >= 15 is 0 Å². The van der Waals surface area contributed by atoms with E-state index in [-0.39, 0.29) is 5.84 Å². The Morgan fingerprint density at radius 3 is 3.00 bits per heavy atom. The van der Waals surface area contributed by atoms with E-state index in [1.807, 2.05) is 0 Å². The van der Waals surface area contributed by atoms with E-state index in [2.05, 4.69) is 19.9 Å². The number of rotatable bonds is 5. The Morgan fingerprint density at radius 1 is 1.56 bits per heavy atom. The van der Waals surface area contributed by atoms with Crippen molar-refractivity contribution in [3.05, 3.63) is 22.9 Å². The first kappa shape index (κ1) is 13.4. The molecule has 1 aliphatic carbocycles. The zero-order chi connectivity index (χ0) is 13.1. The Hall–Kier alpha value is -1.03. The molecule has 0 radical (unpaired) electrons. The van der Waals surface area contributed by atoms with Gasteiger partial charge in [0.25, 0.3) is 0 Å². The molecule has 0 saturated heterocycles. The van der Waals surface area contributed by atoms with Gasteiger partial charge in [-0.2, -0.15) is 0 Å². The molecule has 0 bridgehead atoms. The summed E-state index contributed by atoms with van der Waals surface area (Å²) in [6.07, 6.45) is 4.51. The number of fused-ring (bicyclic) bond motifs is 1. The Balaban J connectivity index is 2.24. The monoisotopic (exact) mass is 263 g/mol. The van der Waals surface area contributed by atoms with E-state index in [1.54, 1.807) is 11.8 Å². The molecule has 2 rings (SSSR count). The third-order valence-corrected chi connectivity index (χ3v) is 4.83. The summed E-state index contributed by atoms with van der Waals surface area (Å²) in [5, 5.41) is 8.64. The van der Waals surface area contributed by atoms with E-state index in [4.69, 9.17) is 16.1 Å². The van der Waals surface area contributed by atoms with Crippen molar-refractivity contribution >= 4 is 17.6 Å². The number of amidine groups is 1. The number of aryl methyl sites for hydroxylation is 2. The third-order valence-electron chi connectivity index (χ3n) is 3.51. The highest BCUT2D eigenvalue weighted by molar-refractivity contribution is 7.99. The fraction of sp³-hybridized carbons (Fsp3) is 0.571. The number of hydrogen-bond donors (Lipinski definition) is 2. The van der Waals surface area contributed by atoms with Gasteiger partial charge >= 0.3 is 0 Å². The molecular formula is C14H21N3S. The van der Waals surface area contributed by atoms with Crippen molar-refractivity contribution in [2.75, 3.05) is 5.75 Å². The number of thioether (sulfide) groups is 1. The number of pyridine rings is 1. The summed E-state index contributed by atoms with van der Waals surface area (Å²) in [7, 11) is 0. The molecule has 1 unspecified atom stereocenters. The lowest BCUT2D eigenvalue weighted by Gasteiger charge is -2.12. The number of nitrogens with zero attached hydrogens (tertiary/aromatic N) is 1. The molecule has 0 aromatic carbocycles. The second-order valence-electron chi connectivity index (χ2n) is 5.04. The number of nitrogen functional groups attached to an aromatic ring is 1. The zero-order valence-corrected chi connectivity index (χ0v) is 11.9. The van der Waals surface area contributed by atoms with Gasteiger partial charge in [0.05, 0.1) is 0 Å². The number of aromatic nitrogens is 1. The van der Waals surface area contributed by atoms with Crippen LogP contribution in [0.25, 0.3) is 0 Å². The molecule has 0 amide bonds. The Labute approximate surface area is 113 Å². The number of nitrogens with one attached hydrogen (secondary N) is 1. The van der Waals surface area contributed by atoms with Gasteiger partial charge in [-0.1, -0.05) is 20.3 Å². The molecule has 1 atom stereocenters. The summed E-state index contributed by atoms with van der Waals surface area (Å²) in [5.41, 5.74) is 9.00. The van der Waals surface area contributed by atoms with Crippen LogP contribution >= 0.6 is 11.8 Å². The van der Waals surface area contributed by atoms with Gasteiger partial charge < -0.3 is 5.73 Å². The van der Waals surface area contributed by atoms with E-state index < -0.39 is 0 Å². The van der Waals surface area contributed by atoms with Gasteiger partial charge in [0.15, 0.2) is 0 Å². The van der Waals surface area contributed by atoms with Crippen LogP contribution in [0, 0.1) is 11.3 Å². The molecule has 4 heteroatoms. The molecule has 18 heavy (non-hydrogen) atoms. The van der Waals surface area contributed by atoms with Crippen LogP contribution in [0.2, 0.25) is 0 Å². The molecule has 0 fully saturated rings. The van der Waals surface area contributed by atoms with Gasteiger partial charge in [0.2, 0.25) is 0 Å². The SMILES string of the molecule is CCC(C)CSc1nc2c(cc1C(=N)N)CCC2. The summed E-state index contributed by atoms with van der Waals surface area (Å²) in [6, 6.07) is 2.08. The number of hydrogen-bond acceptors (Lipinski definition) is 3. The molecule has 3 N–H and O–H groups in total. The van der Waals surface area contributed by atoms with E-state index in [9.17, 15) is 0 Å². The molecule has 1 aliphatic rings. The predicted octanol–water partition coefficient (Wildman–Crippen LogP) is 2.99.